The average Bonchev–Trinajstić information content (AvgIpc) is 3.28. The number of aromatic carboxylic acids is 1. The van der Waals surface area contributed by atoms with E-state index in [1.807, 2.05) is 50.2 Å². The molecule has 0 saturated carbocycles. The van der Waals surface area contributed by atoms with Gasteiger partial charge in [-0.05, 0) is 43.7 Å². The highest BCUT2D eigenvalue weighted by atomic mass is 16.4. The lowest BCUT2D eigenvalue weighted by atomic mass is 10.1. The Kier molecular flexibility index (Phi) is 5.36. The first-order chi connectivity index (χ1) is 15.0. The highest BCUT2D eigenvalue weighted by Gasteiger charge is 2.10. The average molecular weight is 415 g/mol. The van der Waals surface area contributed by atoms with Gasteiger partial charge in [0.15, 0.2) is 0 Å². The number of para-hydroxylation sites is 1. The lowest BCUT2D eigenvalue weighted by Gasteiger charge is -2.11. The molecule has 0 fully saturated rings. The smallest absolute Gasteiger partial charge is 0.262 e. The Labute approximate surface area is 177 Å². The number of carbonyl (C=O) groups excluding carboxylic acids is 1. The van der Waals surface area contributed by atoms with E-state index in [2.05, 4.69) is 15.5 Å². The molecule has 0 amide bonds. The minimum atomic E-state index is -1.36. The summed E-state index contributed by atoms with van der Waals surface area (Å²) in [5.74, 6) is -0.769. The van der Waals surface area contributed by atoms with Gasteiger partial charge in [-0.15, -0.1) is 0 Å². The van der Waals surface area contributed by atoms with Crippen LogP contribution in [0.1, 0.15) is 30.0 Å². The van der Waals surface area contributed by atoms with E-state index in [4.69, 9.17) is 4.42 Å². The number of furan rings is 1. The van der Waals surface area contributed by atoms with Gasteiger partial charge in [-0.2, -0.15) is 5.10 Å². The maximum atomic E-state index is 12.7. The number of carboxylic acid groups (broad SMARTS) is 1. The lowest BCUT2D eigenvalue weighted by molar-refractivity contribution is -0.257. The number of benzene rings is 2. The van der Waals surface area contributed by atoms with Crippen molar-refractivity contribution in [3.8, 4) is 11.3 Å². The fourth-order valence-corrected chi connectivity index (χ4v) is 3.22. The number of nitrogens with zero attached hydrogens (tertiary/aromatic N) is 3. The SMILES string of the molecule is CCn1c(N/N=C(/C)c2ccc(-c3ccc(C(=O)[O-])o3)cc2)nc2ccccc2c1=O. The molecule has 0 radical (unpaired) electrons. The molecule has 0 atom stereocenters. The molecule has 8 heteroatoms. The summed E-state index contributed by atoms with van der Waals surface area (Å²) in [6.45, 7) is 4.16. The molecule has 4 rings (SSSR count). The second kappa shape index (κ2) is 8.27. The van der Waals surface area contributed by atoms with Crippen LogP contribution in [0.5, 0.6) is 0 Å². The summed E-state index contributed by atoms with van der Waals surface area (Å²) < 4.78 is 6.80. The molecule has 2 aromatic heterocycles. The molecular weight excluding hydrogens is 396 g/mol. The molecule has 0 spiro atoms. The lowest BCUT2D eigenvalue weighted by Crippen LogP contribution is -2.23. The highest BCUT2D eigenvalue weighted by Crippen LogP contribution is 2.22. The van der Waals surface area contributed by atoms with Crippen molar-refractivity contribution in [1.29, 1.82) is 0 Å². The zero-order valence-corrected chi connectivity index (χ0v) is 17.0. The summed E-state index contributed by atoms with van der Waals surface area (Å²) in [5.41, 5.74) is 5.64. The summed E-state index contributed by atoms with van der Waals surface area (Å²) >= 11 is 0. The van der Waals surface area contributed by atoms with E-state index in [-0.39, 0.29) is 11.3 Å². The summed E-state index contributed by atoms with van der Waals surface area (Å²) in [6, 6.07) is 17.4. The van der Waals surface area contributed by atoms with Gasteiger partial charge in [0.25, 0.3) is 5.56 Å². The second-order valence-corrected chi connectivity index (χ2v) is 6.84. The van der Waals surface area contributed by atoms with Gasteiger partial charge in [-0.1, -0.05) is 36.4 Å². The maximum Gasteiger partial charge on any atom is 0.262 e. The van der Waals surface area contributed by atoms with E-state index in [9.17, 15) is 14.7 Å². The maximum absolute atomic E-state index is 12.7. The highest BCUT2D eigenvalue weighted by molar-refractivity contribution is 5.99. The number of hydrogen-bond donors (Lipinski definition) is 1. The van der Waals surface area contributed by atoms with E-state index >= 15 is 0 Å². The molecule has 4 aromatic rings. The van der Waals surface area contributed by atoms with Crippen LogP contribution >= 0.6 is 0 Å². The molecule has 0 aliphatic carbocycles. The summed E-state index contributed by atoms with van der Waals surface area (Å²) in [4.78, 5) is 28.1. The monoisotopic (exact) mass is 415 g/mol. The number of anilines is 1. The van der Waals surface area contributed by atoms with Crippen LogP contribution in [0.15, 0.2) is 75.0 Å². The van der Waals surface area contributed by atoms with E-state index in [0.29, 0.717) is 34.9 Å². The Morgan fingerprint density at radius 1 is 1.13 bits per heavy atom. The molecule has 156 valence electrons. The molecule has 31 heavy (non-hydrogen) atoms. The zero-order chi connectivity index (χ0) is 22.0. The summed E-state index contributed by atoms with van der Waals surface area (Å²) in [7, 11) is 0. The first-order valence-corrected chi connectivity index (χ1v) is 9.69. The number of fused-ring (bicyclic) bond motifs is 1. The third kappa shape index (κ3) is 3.95. The van der Waals surface area contributed by atoms with Gasteiger partial charge in [-0.3, -0.25) is 9.36 Å². The normalized spacial score (nSPS) is 11.6. The van der Waals surface area contributed by atoms with Crippen molar-refractivity contribution in [2.45, 2.75) is 20.4 Å². The van der Waals surface area contributed by atoms with Crippen molar-refractivity contribution in [2.75, 3.05) is 5.43 Å². The Balaban J connectivity index is 1.58. The summed E-state index contributed by atoms with van der Waals surface area (Å²) in [5, 5.41) is 15.8. The molecule has 0 saturated heterocycles. The van der Waals surface area contributed by atoms with Crippen LogP contribution in [0, 0.1) is 0 Å². The number of hydrazone groups is 1. The number of carbonyl (C=O) groups is 1. The third-order valence-electron chi connectivity index (χ3n) is 4.90. The molecule has 0 aliphatic rings. The van der Waals surface area contributed by atoms with Gasteiger partial charge in [0, 0.05) is 12.1 Å². The Bertz CT molecular complexity index is 1350. The van der Waals surface area contributed by atoms with Crippen LogP contribution in [-0.2, 0) is 6.54 Å². The topological polar surface area (TPSA) is 113 Å². The van der Waals surface area contributed by atoms with Crippen molar-refractivity contribution >= 4 is 28.5 Å². The first kappa shape index (κ1) is 20.1. The zero-order valence-electron chi connectivity index (χ0n) is 17.0. The number of hydrogen-bond acceptors (Lipinski definition) is 7. The second-order valence-electron chi connectivity index (χ2n) is 6.84. The quantitative estimate of drug-likeness (QED) is 0.383. The van der Waals surface area contributed by atoms with E-state index in [0.717, 1.165) is 11.1 Å². The molecule has 0 unspecified atom stereocenters. The third-order valence-corrected chi connectivity index (χ3v) is 4.90. The fraction of sp³-hybridized carbons (Fsp3) is 0.130. The Hall–Kier alpha value is -4.20. The van der Waals surface area contributed by atoms with Crippen LogP contribution in [0.3, 0.4) is 0 Å². The number of nitrogens with one attached hydrogen (secondary N) is 1. The number of rotatable bonds is 6. The van der Waals surface area contributed by atoms with Crippen LogP contribution in [0.2, 0.25) is 0 Å². The number of carboxylic acids is 1. The first-order valence-electron chi connectivity index (χ1n) is 9.69. The molecule has 0 aliphatic heterocycles. The minimum absolute atomic E-state index is 0.123. The van der Waals surface area contributed by atoms with Crippen LogP contribution < -0.4 is 16.1 Å². The van der Waals surface area contributed by atoms with Crippen LogP contribution in [0.4, 0.5) is 5.95 Å². The van der Waals surface area contributed by atoms with Crippen molar-refractivity contribution < 1.29 is 14.3 Å². The van der Waals surface area contributed by atoms with Crippen molar-refractivity contribution in [1.82, 2.24) is 9.55 Å². The van der Waals surface area contributed by atoms with Crippen LogP contribution in [-0.4, -0.2) is 21.2 Å². The summed E-state index contributed by atoms with van der Waals surface area (Å²) in [6.07, 6.45) is 0. The fourth-order valence-electron chi connectivity index (χ4n) is 3.22. The van der Waals surface area contributed by atoms with Gasteiger partial charge in [0.1, 0.15) is 17.5 Å². The molecule has 2 heterocycles. The van der Waals surface area contributed by atoms with E-state index in [1.165, 1.54) is 10.6 Å². The van der Waals surface area contributed by atoms with Gasteiger partial charge in [0.05, 0.1) is 16.6 Å². The van der Waals surface area contributed by atoms with Crippen molar-refractivity contribution in [2.24, 2.45) is 5.10 Å². The molecule has 2 aromatic carbocycles. The molecule has 1 N–H and O–H groups in total. The Morgan fingerprint density at radius 3 is 2.55 bits per heavy atom. The van der Waals surface area contributed by atoms with E-state index in [1.54, 1.807) is 18.2 Å². The predicted octanol–water partition coefficient (Wildman–Crippen LogP) is 2.88. The van der Waals surface area contributed by atoms with Crippen molar-refractivity contribution in [3.05, 3.63) is 82.3 Å². The Morgan fingerprint density at radius 2 is 1.87 bits per heavy atom. The standard InChI is InChI=1S/C23H20N4O4/c1-3-27-21(28)17-6-4-5-7-18(17)24-23(27)26-25-14(2)15-8-10-16(11-9-15)19-12-13-20(31-19)22(29)30/h4-13H,3H2,1-2H3,(H,24,26)(H,29,30)/p-1/b25-14-. The molecule has 0 bridgehead atoms. The van der Waals surface area contributed by atoms with Crippen LogP contribution in [0.25, 0.3) is 22.2 Å². The van der Waals surface area contributed by atoms with Gasteiger partial charge < -0.3 is 14.3 Å². The molecule has 8 nitrogen and oxygen atoms in total. The molecular formula is C23H19N4O4-. The largest absolute Gasteiger partial charge is 0.542 e. The predicted molar refractivity (Wildman–Crippen MR) is 116 cm³/mol. The van der Waals surface area contributed by atoms with Gasteiger partial charge in [0.2, 0.25) is 5.95 Å². The number of aromatic nitrogens is 2. The van der Waals surface area contributed by atoms with Gasteiger partial charge >= 0.3 is 0 Å². The van der Waals surface area contributed by atoms with E-state index < -0.39 is 5.97 Å². The minimum Gasteiger partial charge on any atom is -0.542 e. The van der Waals surface area contributed by atoms with Crippen molar-refractivity contribution in [3.63, 3.8) is 0 Å². The van der Waals surface area contributed by atoms with Gasteiger partial charge in [-0.25, -0.2) is 10.4 Å².